The van der Waals surface area contributed by atoms with Crippen molar-refractivity contribution < 1.29 is 9.59 Å². The van der Waals surface area contributed by atoms with Gasteiger partial charge in [-0.1, -0.05) is 18.9 Å². The first-order valence-corrected chi connectivity index (χ1v) is 7.08. The van der Waals surface area contributed by atoms with Crippen molar-refractivity contribution in [3.8, 4) is 6.07 Å². The fourth-order valence-corrected chi connectivity index (χ4v) is 2.71. The molecule has 2 rings (SSSR count). The highest BCUT2D eigenvalue weighted by molar-refractivity contribution is 5.99. The van der Waals surface area contributed by atoms with Crippen LogP contribution in [0, 0.1) is 23.7 Å². The molecule has 0 spiro atoms. The minimum absolute atomic E-state index is 0.161. The molecule has 1 fully saturated rings. The average Bonchev–Trinajstić information content (AvgIpc) is 2.93. The van der Waals surface area contributed by atoms with Gasteiger partial charge in [0.1, 0.15) is 5.41 Å². The second kappa shape index (κ2) is 5.96. The maximum absolute atomic E-state index is 12.4. The van der Waals surface area contributed by atoms with Gasteiger partial charge in [0.15, 0.2) is 0 Å². The summed E-state index contributed by atoms with van der Waals surface area (Å²) in [6.07, 6.45) is 3.04. The summed E-state index contributed by atoms with van der Waals surface area (Å²) >= 11 is 0. The molecule has 2 amide bonds. The van der Waals surface area contributed by atoms with Crippen molar-refractivity contribution in [3.05, 3.63) is 23.8 Å². The topological polar surface area (TPSA) is 82.0 Å². The zero-order valence-electron chi connectivity index (χ0n) is 12.3. The number of rotatable bonds is 3. The van der Waals surface area contributed by atoms with Gasteiger partial charge in [-0.15, -0.1) is 0 Å². The average molecular weight is 285 g/mol. The van der Waals surface area contributed by atoms with Gasteiger partial charge in [-0.2, -0.15) is 5.26 Å². The highest BCUT2D eigenvalue weighted by Gasteiger charge is 2.41. The zero-order valence-corrected chi connectivity index (χ0v) is 12.3. The summed E-state index contributed by atoms with van der Waals surface area (Å²) in [5, 5.41) is 14.9. The van der Waals surface area contributed by atoms with Gasteiger partial charge in [0.05, 0.1) is 6.07 Å². The van der Waals surface area contributed by atoms with Crippen LogP contribution in [0.25, 0.3) is 0 Å². The van der Waals surface area contributed by atoms with E-state index in [4.69, 9.17) is 0 Å². The normalized spacial score (nSPS) is 16.0. The Labute approximate surface area is 124 Å². The Kier molecular flexibility index (Phi) is 4.27. The number of nitriles is 1. The summed E-state index contributed by atoms with van der Waals surface area (Å²) < 4.78 is 0. The van der Waals surface area contributed by atoms with E-state index in [2.05, 4.69) is 16.7 Å². The summed E-state index contributed by atoms with van der Waals surface area (Å²) in [6, 6.07) is 7.50. The number of amides is 2. The molecule has 0 aromatic heterocycles. The molecule has 1 saturated carbocycles. The lowest BCUT2D eigenvalue weighted by Gasteiger charge is -2.20. The lowest BCUT2D eigenvalue weighted by molar-refractivity contribution is -0.122. The number of nitrogens with one attached hydrogen (secondary N) is 2. The molecule has 1 aromatic carbocycles. The Morgan fingerprint density at radius 3 is 2.29 bits per heavy atom. The van der Waals surface area contributed by atoms with Crippen molar-refractivity contribution in [2.24, 2.45) is 5.41 Å². The van der Waals surface area contributed by atoms with Gasteiger partial charge >= 0.3 is 0 Å². The van der Waals surface area contributed by atoms with Crippen molar-refractivity contribution in [2.45, 2.75) is 39.5 Å². The Balaban J connectivity index is 2.22. The Bertz CT molecular complexity index is 610. The molecule has 0 aliphatic heterocycles. The fourth-order valence-electron chi connectivity index (χ4n) is 2.71. The van der Waals surface area contributed by atoms with Crippen LogP contribution in [0.3, 0.4) is 0 Å². The molecule has 1 aliphatic carbocycles. The molecule has 110 valence electrons. The number of benzene rings is 1. The third-order valence-electron chi connectivity index (χ3n) is 4.00. The Hall–Kier alpha value is -2.35. The molecule has 0 heterocycles. The van der Waals surface area contributed by atoms with Crippen LogP contribution < -0.4 is 10.6 Å². The Morgan fingerprint density at radius 1 is 1.19 bits per heavy atom. The Morgan fingerprint density at radius 2 is 1.76 bits per heavy atom. The molecule has 0 atom stereocenters. The van der Waals surface area contributed by atoms with E-state index in [0.29, 0.717) is 24.2 Å². The molecule has 0 saturated heterocycles. The van der Waals surface area contributed by atoms with Crippen LogP contribution in [0.5, 0.6) is 0 Å². The molecule has 2 N–H and O–H groups in total. The summed E-state index contributed by atoms with van der Waals surface area (Å²) in [5.74, 6) is -0.406. The number of nitrogens with zero attached hydrogens (tertiary/aromatic N) is 1. The predicted octanol–water partition coefficient (Wildman–Crippen LogP) is 2.98. The first kappa shape index (κ1) is 15.0. The molecule has 21 heavy (non-hydrogen) atoms. The monoisotopic (exact) mass is 285 g/mol. The smallest absolute Gasteiger partial charge is 0.244 e. The summed E-state index contributed by atoms with van der Waals surface area (Å²) in [4.78, 5) is 23.6. The van der Waals surface area contributed by atoms with Crippen molar-refractivity contribution in [1.82, 2.24) is 0 Å². The second-order valence-electron chi connectivity index (χ2n) is 5.51. The van der Waals surface area contributed by atoms with Crippen molar-refractivity contribution >= 4 is 23.2 Å². The van der Waals surface area contributed by atoms with Crippen LogP contribution in [0.15, 0.2) is 18.2 Å². The lowest BCUT2D eigenvalue weighted by atomic mass is 9.87. The van der Waals surface area contributed by atoms with Crippen molar-refractivity contribution in [1.29, 1.82) is 5.26 Å². The van der Waals surface area contributed by atoms with Gasteiger partial charge in [-0.05, 0) is 37.5 Å². The molecule has 0 unspecified atom stereocenters. The first-order chi connectivity index (χ1) is 9.98. The number of hydrogen-bond acceptors (Lipinski definition) is 3. The molecule has 5 nitrogen and oxygen atoms in total. The number of carbonyl (C=O) groups excluding carboxylic acids is 2. The van der Waals surface area contributed by atoms with Crippen molar-refractivity contribution in [2.75, 3.05) is 10.6 Å². The highest BCUT2D eigenvalue weighted by atomic mass is 16.2. The van der Waals surface area contributed by atoms with E-state index in [1.165, 1.54) is 6.92 Å². The van der Waals surface area contributed by atoms with E-state index < -0.39 is 5.41 Å². The van der Waals surface area contributed by atoms with Gasteiger partial charge in [-0.3, -0.25) is 9.59 Å². The fraction of sp³-hybridized carbons (Fsp3) is 0.438. The molecule has 0 bridgehead atoms. The SMILES string of the molecule is CC(=O)Nc1cccc(NC(=O)C2(C#N)CCCC2)c1C. The number of hydrogen-bond donors (Lipinski definition) is 2. The third-order valence-corrected chi connectivity index (χ3v) is 4.00. The minimum atomic E-state index is -0.906. The van der Waals surface area contributed by atoms with Gasteiger partial charge in [-0.25, -0.2) is 0 Å². The summed E-state index contributed by atoms with van der Waals surface area (Å²) in [5.41, 5.74) is 1.17. The standard InChI is InChI=1S/C16H19N3O2/c1-11-13(18-12(2)20)6-5-7-14(11)19-15(21)16(10-17)8-3-4-9-16/h5-7H,3-4,8-9H2,1-2H3,(H,18,20)(H,19,21). The maximum Gasteiger partial charge on any atom is 0.244 e. The lowest BCUT2D eigenvalue weighted by Crippen LogP contribution is -2.32. The zero-order chi connectivity index (χ0) is 15.5. The molecular weight excluding hydrogens is 266 g/mol. The van der Waals surface area contributed by atoms with Crippen LogP contribution in [0.1, 0.15) is 38.2 Å². The van der Waals surface area contributed by atoms with E-state index in [-0.39, 0.29) is 11.8 Å². The largest absolute Gasteiger partial charge is 0.326 e. The van der Waals surface area contributed by atoms with E-state index in [1.54, 1.807) is 18.2 Å². The van der Waals surface area contributed by atoms with Crippen LogP contribution in [0.4, 0.5) is 11.4 Å². The second-order valence-corrected chi connectivity index (χ2v) is 5.51. The molecule has 1 aliphatic rings. The van der Waals surface area contributed by atoms with Gasteiger partial charge in [0, 0.05) is 18.3 Å². The number of carbonyl (C=O) groups is 2. The van der Waals surface area contributed by atoms with Crippen LogP contribution >= 0.6 is 0 Å². The molecule has 1 aromatic rings. The third kappa shape index (κ3) is 3.05. The molecule has 0 radical (unpaired) electrons. The maximum atomic E-state index is 12.4. The van der Waals surface area contributed by atoms with Gasteiger partial charge in [0.2, 0.25) is 11.8 Å². The summed E-state index contributed by atoms with van der Waals surface area (Å²) in [6.45, 7) is 3.27. The summed E-state index contributed by atoms with van der Waals surface area (Å²) in [7, 11) is 0. The van der Waals surface area contributed by atoms with E-state index in [0.717, 1.165) is 18.4 Å². The molecule has 5 heteroatoms. The van der Waals surface area contributed by atoms with Crippen LogP contribution in [0.2, 0.25) is 0 Å². The van der Waals surface area contributed by atoms with Crippen LogP contribution in [-0.2, 0) is 9.59 Å². The van der Waals surface area contributed by atoms with E-state index in [1.807, 2.05) is 6.92 Å². The quantitative estimate of drug-likeness (QED) is 0.895. The van der Waals surface area contributed by atoms with Crippen molar-refractivity contribution in [3.63, 3.8) is 0 Å². The van der Waals surface area contributed by atoms with Crippen LogP contribution in [-0.4, -0.2) is 11.8 Å². The molecular formula is C16H19N3O2. The van der Waals surface area contributed by atoms with E-state index >= 15 is 0 Å². The van der Waals surface area contributed by atoms with E-state index in [9.17, 15) is 14.9 Å². The van der Waals surface area contributed by atoms with Gasteiger partial charge < -0.3 is 10.6 Å². The first-order valence-electron chi connectivity index (χ1n) is 7.08. The van der Waals surface area contributed by atoms with Gasteiger partial charge in [0.25, 0.3) is 0 Å². The predicted molar refractivity (Wildman–Crippen MR) is 80.6 cm³/mol. The minimum Gasteiger partial charge on any atom is -0.326 e. The highest BCUT2D eigenvalue weighted by Crippen LogP contribution is 2.39. The number of anilines is 2.